The van der Waals surface area contributed by atoms with Crippen molar-refractivity contribution in [2.45, 2.75) is 43.1 Å². The second kappa shape index (κ2) is 7.52. The summed E-state index contributed by atoms with van der Waals surface area (Å²) >= 11 is 6.39. The Balaban J connectivity index is 1.39. The summed E-state index contributed by atoms with van der Waals surface area (Å²) in [5, 5.41) is 0.298. The fraction of sp³-hybridized carbons (Fsp3) is 0.417. The number of carbonyl (C=O) groups is 2. The van der Waals surface area contributed by atoms with Crippen molar-refractivity contribution in [1.29, 1.82) is 0 Å². The zero-order valence-electron chi connectivity index (χ0n) is 17.2. The molecule has 2 amide bonds. The normalized spacial score (nSPS) is 24.8. The van der Waals surface area contributed by atoms with E-state index in [-0.39, 0.29) is 12.0 Å². The van der Waals surface area contributed by atoms with E-state index < -0.39 is 16.8 Å². The third-order valence-corrected chi connectivity index (χ3v) is 7.27. The van der Waals surface area contributed by atoms with E-state index in [4.69, 9.17) is 16.3 Å². The van der Waals surface area contributed by atoms with Gasteiger partial charge in [0, 0.05) is 23.7 Å². The highest BCUT2D eigenvalue weighted by Gasteiger charge is 2.54. The molecule has 2 aliphatic heterocycles. The molecule has 5 nitrogen and oxygen atoms in total. The molecule has 2 aromatic carbocycles. The smallest absolute Gasteiger partial charge is 0.415 e. The molecule has 2 aromatic rings. The molecule has 1 atom stereocenters. The quantitative estimate of drug-likeness (QED) is 0.678. The summed E-state index contributed by atoms with van der Waals surface area (Å²) < 4.78 is 19.5. The van der Waals surface area contributed by atoms with E-state index >= 15 is 0 Å². The Morgan fingerprint density at radius 1 is 1.03 bits per heavy atom. The lowest BCUT2D eigenvalue weighted by Gasteiger charge is -2.34. The van der Waals surface area contributed by atoms with Crippen LogP contribution in [0.5, 0.6) is 0 Å². The second-order valence-corrected chi connectivity index (χ2v) is 9.27. The third kappa shape index (κ3) is 3.37. The van der Waals surface area contributed by atoms with Crippen LogP contribution in [0.3, 0.4) is 0 Å². The minimum absolute atomic E-state index is 0.00425. The maximum atomic E-state index is 13.8. The number of nitrogens with zero attached hydrogens (tertiary/aromatic N) is 2. The van der Waals surface area contributed by atoms with Gasteiger partial charge in [0.15, 0.2) is 5.60 Å². The SMILES string of the molecule is O=C1O[C@@]2(CCN(C(=O)C3(c4ccc(F)cc4Cl)CCCC3)C2)CN1c1ccccc1. The van der Waals surface area contributed by atoms with Crippen molar-refractivity contribution in [3.63, 3.8) is 0 Å². The van der Waals surface area contributed by atoms with Crippen LogP contribution in [-0.2, 0) is 14.9 Å². The zero-order chi connectivity index (χ0) is 21.6. The van der Waals surface area contributed by atoms with E-state index in [1.807, 2.05) is 35.2 Å². The molecular formula is C24H24ClFN2O3. The van der Waals surface area contributed by atoms with E-state index in [9.17, 15) is 14.0 Å². The molecule has 0 N–H and O–H groups in total. The van der Waals surface area contributed by atoms with Crippen molar-refractivity contribution in [3.05, 3.63) is 64.9 Å². The second-order valence-electron chi connectivity index (χ2n) is 8.86. The minimum atomic E-state index is -0.738. The highest BCUT2D eigenvalue weighted by Crippen LogP contribution is 2.47. The molecule has 0 bridgehead atoms. The predicted molar refractivity (Wildman–Crippen MR) is 116 cm³/mol. The Morgan fingerprint density at radius 3 is 2.48 bits per heavy atom. The first-order valence-electron chi connectivity index (χ1n) is 10.7. The summed E-state index contributed by atoms with van der Waals surface area (Å²) in [6.07, 6.45) is 3.45. The predicted octanol–water partition coefficient (Wildman–Crippen LogP) is 4.92. The summed E-state index contributed by atoms with van der Waals surface area (Å²) in [5.41, 5.74) is 0.0559. The molecule has 0 unspecified atom stereocenters. The molecular weight excluding hydrogens is 419 g/mol. The van der Waals surface area contributed by atoms with Crippen LogP contribution in [0, 0.1) is 5.82 Å². The fourth-order valence-corrected chi connectivity index (χ4v) is 5.77. The van der Waals surface area contributed by atoms with Crippen molar-refractivity contribution < 1.29 is 18.7 Å². The van der Waals surface area contributed by atoms with Gasteiger partial charge < -0.3 is 9.64 Å². The summed E-state index contributed by atoms with van der Waals surface area (Å²) in [5.74, 6) is -0.405. The number of para-hydroxylation sites is 1. The van der Waals surface area contributed by atoms with Gasteiger partial charge in [-0.2, -0.15) is 0 Å². The van der Waals surface area contributed by atoms with Gasteiger partial charge >= 0.3 is 6.09 Å². The van der Waals surface area contributed by atoms with Gasteiger partial charge in [0.05, 0.1) is 18.5 Å². The first-order valence-corrected chi connectivity index (χ1v) is 11.1. The monoisotopic (exact) mass is 442 g/mol. The number of hydrogen-bond donors (Lipinski definition) is 0. The molecule has 31 heavy (non-hydrogen) atoms. The van der Waals surface area contributed by atoms with Crippen LogP contribution < -0.4 is 4.90 Å². The van der Waals surface area contributed by atoms with Gasteiger partial charge in [-0.3, -0.25) is 9.69 Å². The van der Waals surface area contributed by atoms with Crippen LogP contribution in [0.4, 0.5) is 14.9 Å². The van der Waals surface area contributed by atoms with Gasteiger partial charge in [0.25, 0.3) is 0 Å². The van der Waals surface area contributed by atoms with Crippen molar-refractivity contribution in [1.82, 2.24) is 4.90 Å². The van der Waals surface area contributed by atoms with Crippen LogP contribution in [0.1, 0.15) is 37.7 Å². The summed E-state index contributed by atoms with van der Waals surface area (Å²) in [6.45, 7) is 1.31. The number of ether oxygens (including phenoxy) is 1. The van der Waals surface area contributed by atoms with Crippen LogP contribution in [0.2, 0.25) is 5.02 Å². The Morgan fingerprint density at radius 2 is 1.77 bits per heavy atom. The fourth-order valence-electron chi connectivity index (χ4n) is 5.42. The number of anilines is 1. The van der Waals surface area contributed by atoms with E-state index in [2.05, 4.69) is 0 Å². The lowest BCUT2D eigenvalue weighted by atomic mass is 9.77. The average Bonchev–Trinajstić information content (AvgIpc) is 3.48. The standard InChI is InChI=1S/C24H24ClFN2O3/c25-20-14-17(26)8-9-19(20)24(10-4-5-11-24)21(29)27-13-12-23(15-27)16-28(22(30)31-23)18-6-2-1-3-7-18/h1-3,6-9,14H,4-5,10-13,15-16H2/t23-/m1/s1. The minimum Gasteiger partial charge on any atom is -0.439 e. The first kappa shape index (κ1) is 20.3. The van der Waals surface area contributed by atoms with E-state index in [0.29, 0.717) is 49.5 Å². The van der Waals surface area contributed by atoms with Gasteiger partial charge in [-0.1, -0.05) is 48.7 Å². The van der Waals surface area contributed by atoms with Crippen molar-refractivity contribution in [3.8, 4) is 0 Å². The van der Waals surface area contributed by atoms with E-state index in [0.717, 1.165) is 18.5 Å². The number of halogens is 2. The summed E-state index contributed by atoms with van der Waals surface area (Å²) in [7, 11) is 0. The summed E-state index contributed by atoms with van der Waals surface area (Å²) in [4.78, 5) is 29.8. The number of hydrogen-bond acceptors (Lipinski definition) is 3. The van der Waals surface area contributed by atoms with Gasteiger partial charge in [0.1, 0.15) is 5.82 Å². The topological polar surface area (TPSA) is 49.9 Å². The maximum absolute atomic E-state index is 13.8. The van der Waals surface area contributed by atoms with Crippen LogP contribution in [-0.4, -0.2) is 42.1 Å². The van der Waals surface area contributed by atoms with Crippen LogP contribution >= 0.6 is 11.6 Å². The molecule has 3 fully saturated rings. The van der Waals surface area contributed by atoms with E-state index in [1.54, 1.807) is 11.0 Å². The molecule has 162 valence electrons. The molecule has 1 aliphatic carbocycles. The maximum Gasteiger partial charge on any atom is 0.415 e. The van der Waals surface area contributed by atoms with Crippen LogP contribution in [0.15, 0.2) is 48.5 Å². The van der Waals surface area contributed by atoms with E-state index in [1.165, 1.54) is 12.1 Å². The number of carbonyl (C=O) groups excluding carboxylic acids is 2. The third-order valence-electron chi connectivity index (χ3n) is 6.96. The van der Waals surface area contributed by atoms with Gasteiger partial charge in [-0.25, -0.2) is 9.18 Å². The highest BCUT2D eigenvalue weighted by atomic mass is 35.5. The average molecular weight is 443 g/mol. The van der Waals surface area contributed by atoms with Gasteiger partial charge in [0.2, 0.25) is 5.91 Å². The molecule has 7 heteroatoms. The number of benzene rings is 2. The highest BCUT2D eigenvalue weighted by molar-refractivity contribution is 6.31. The molecule has 2 saturated heterocycles. The van der Waals surface area contributed by atoms with Gasteiger partial charge in [-0.15, -0.1) is 0 Å². The molecule has 5 rings (SSSR count). The van der Waals surface area contributed by atoms with Crippen molar-refractivity contribution in [2.75, 3.05) is 24.5 Å². The zero-order valence-corrected chi connectivity index (χ0v) is 17.9. The number of rotatable bonds is 3. The molecule has 3 aliphatic rings. The Bertz CT molecular complexity index is 1020. The Labute approximate surface area is 185 Å². The molecule has 1 saturated carbocycles. The van der Waals surface area contributed by atoms with Crippen molar-refractivity contribution >= 4 is 29.3 Å². The number of amides is 2. The Hall–Kier alpha value is -2.60. The summed E-state index contributed by atoms with van der Waals surface area (Å²) in [6, 6.07) is 13.7. The first-order chi connectivity index (χ1) is 14.9. The van der Waals surface area contributed by atoms with Gasteiger partial charge in [-0.05, 0) is 42.7 Å². The number of likely N-dealkylation sites (tertiary alicyclic amines) is 1. The molecule has 2 heterocycles. The lowest BCUT2D eigenvalue weighted by Crippen LogP contribution is -2.47. The molecule has 0 aromatic heterocycles. The Kier molecular flexibility index (Phi) is 4.93. The lowest BCUT2D eigenvalue weighted by molar-refractivity contribution is -0.137. The molecule has 0 radical (unpaired) electrons. The van der Waals surface area contributed by atoms with Crippen LogP contribution in [0.25, 0.3) is 0 Å². The van der Waals surface area contributed by atoms with Crippen molar-refractivity contribution in [2.24, 2.45) is 0 Å². The molecule has 1 spiro atoms. The largest absolute Gasteiger partial charge is 0.439 e.